The van der Waals surface area contributed by atoms with Crippen molar-refractivity contribution in [2.24, 2.45) is 0 Å². The van der Waals surface area contributed by atoms with E-state index in [9.17, 15) is 0 Å². The van der Waals surface area contributed by atoms with Crippen molar-refractivity contribution >= 4 is 18.1 Å². The Morgan fingerprint density at radius 1 is 1.38 bits per heavy atom. The predicted octanol–water partition coefficient (Wildman–Crippen LogP) is -3.57. The first kappa shape index (κ1) is 19.7. The Morgan fingerprint density at radius 3 is 2.31 bits per heavy atom. The molecule has 16 heavy (non-hydrogen) atoms. The summed E-state index contributed by atoms with van der Waals surface area (Å²) < 4.78 is 7.85. The minimum Gasteiger partial charge on any atom is -1.00 e. The molecular weight excluding hydrogens is 354 g/mol. The summed E-state index contributed by atoms with van der Waals surface area (Å²) >= 11 is 1.58. The Hall–Kier alpha value is 1.34. The van der Waals surface area contributed by atoms with Crippen LogP contribution in [-0.4, -0.2) is 18.1 Å². The second kappa shape index (κ2) is 8.44. The zero-order valence-corrected chi connectivity index (χ0v) is 16.7. The number of hydrogen-bond acceptors (Lipinski definition) is 1. The van der Waals surface area contributed by atoms with E-state index in [2.05, 4.69) is 39.1 Å². The van der Waals surface area contributed by atoms with Gasteiger partial charge in [0.2, 0.25) is 0 Å². The van der Waals surface area contributed by atoms with Crippen LogP contribution >= 0.6 is 0 Å². The van der Waals surface area contributed by atoms with Gasteiger partial charge in [-0.2, -0.15) is 0 Å². The second-order valence-corrected chi connectivity index (χ2v) is 12.7. The molecule has 1 nitrogen and oxygen atoms in total. The van der Waals surface area contributed by atoms with Gasteiger partial charge in [0, 0.05) is 0 Å². The largest absolute Gasteiger partial charge is 1.00 e. The Balaban J connectivity index is 0. The van der Waals surface area contributed by atoms with Gasteiger partial charge in [0.05, 0.1) is 0 Å². The molecule has 0 saturated carbocycles. The molecular formula is C10H19Cl2OSi2Zr. The third-order valence-electron chi connectivity index (χ3n) is 3.02. The van der Waals surface area contributed by atoms with Crippen LogP contribution in [0.15, 0.2) is 20.6 Å². The molecule has 0 aromatic carbocycles. The maximum Gasteiger partial charge on any atom is -1.00 e. The summed E-state index contributed by atoms with van der Waals surface area (Å²) in [5.41, 5.74) is 0.731. The first-order valence-corrected chi connectivity index (χ1v) is 10.7. The fourth-order valence-corrected chi connectivity index (χ4v) is 6.17. The topological polar surface area (TPSA) is 9.23 Å². The van der Waals surface area contributed by atoms with Gasteiger partial charge in [-0.3, -0.25) is 0 Å². The van der Waals surface area contributed by atoms with Crippen LogP contribution in [-0.2, 0) is 28.8 Å². The molecule has 0 radical (unpaired) electrons. The standard InChI is InChI=1S/C10H19OSi2.2ClH.Zr/c1-9(2)13(3,4)11-12-10-7-5-6-8-10;;;/h5,7,9H,6,12H2,1-4H3;2*1H;/q;;;+2/p-2. The van der Waals surface area contributed by atoms with Gasteiger partial charge in [-0.15, -0.1) is 0 Å². The van der Waals surface area contributed by atoms with E-state index in [1.807, 2.05) is 0 Å². The minimum atomic E-state index is -1.37. The zero-order valence-electron chi connectivity index (χ0n) is 10.3. The van der Waals surface area contributed by atoms with Gasteiger partial charge in [0.1, 0.15) is 0 Å². The molecule has 0 amide bonds. The van der Waals surface area contributed by atoms with Crippen LogP contribution in [0.1, 0.15) is 20.3 Å². The molecule has 0 aromatic rings. The van der Waals surface area contributed by atoms with Crippen LogP contribution in [0.3, 0.4) is 0 Å². The summed E-state index contributed by atoms with van der Waals surface area (Å²) in [6.45, 7) is 9.26. The molecule has 0 fully saturated rings. The molecule has 1 aliphatic rings. The van der Waals surface area contributed by atoms with E-state index < -0.39 is 18.1 Å². The van der Waals surface area contributed by atoms with Gasteiger partial charge in [-0.25, -0.2) is 0 Å². The molecule has 0 saturated heterocycles. The van der Waals surface area contributed by atoms with Gasteiger partial charge < -0.3 is 24.8 Å². The van der Waals surface area contributed by atoms with E-state index in [4.69, 9.17) is 4.12 Å². The van der Waals surface area contributed by atoms with E-state index in [0.29, 0.717) is 0 Å². The van der Waals surface area contributed by atoms with Gasteiger partial charge in [0.15, 0.2) is 0 Å². The Bertz CT molecular complexity index is 278. The Morgan fingerprint density at radius 2 is 1.94 bits per heavy atom. The van der Waals surface area contributed by atoms with E-state index in [1.54, 1.807) is 33.2 Å². The smallest absolute Gasteiger partial charge is 1.00 e. The van der Waals surface area contributed by atoms with Crippen LogP contribution in [0.4, 0.5) is 0 Å². The second-order valence-electron chi connectivity index (χ2n) is 4.66. The monoisotopic (exact) mass is 371 g/mol. The van der Waals surface area contributed by atoms with Crippen molar-refractivity contribution in [3.05, 3.63) is 20.6 Å². The van der Waals surface area contributed by atoms with E-state index in [0.717, 1.165) is 5.54 Å². The predicted molar refractivity (Wildman–Crippen MR) is 63.0 cm³/mol. The molecule has 0 unspecified atom stereocenters. The molecule has 91 valence electrons. The number of halogens is 2. The molecule has 0 spiro atoms. The summed E-state index contributed by atoms with van der Waals surface area (Å²) in [5.74, 6) is 0. The van der Waals surface area contributed by atoms with Gasteiger partial charge in [-0.05, 0) is 0 Å². The summed E-state index contributed by atoms with van der Waals surface area (Å²) in [6, 6.07) is 0. The maximum atomic E-state index is 6.23. The van der Waals surface area contributed by atoms with Crippen LogP contribution in [0, 0.1) is 0 Å². The molecule has 1 aliphatic carbocycles. The van der Waals surface area contributed by atoms with Gasteiger partial charge in [-0.1, -0.05) is 0 Å². The molecule has 0 aromatic heterocycles. The van der Waals surface area contributed by atoms with Crippen molar-refractivity contribution in [3.63, 3.8) is 0 Å². The Labute approximate surface area is 130 Å². The zero-order chi connectivity index (χ0) is 10.8. The van der Waals surface area contributed by atoms with E-state index in [1.165, 1.54) is 6.42 Å². The summed E-state index contributed by atoms with van der Waals surface area (Å²) in [4.78, 5) is 0. The fraction of sp³-hybridized carbons (Fsp3) is 0.600. The van der Waals surface area contributed by atoms with Crippen molar-refractivity contribution in [2.75, 3.05) is 0 Å². The van der Waals surface area contributed by atoms with Crippen molar-refractivity contribution in [3.8, 4) is 0 Å². The first-order chi connectivity index (χ1) is 6.43. The molecule has 1 rings (SSSR count). The summed E-state index contributed by atoms with van der Waals surface area (Å²) in [7, 11) is -1.80. The van der Waals surface area contributed by atoms with Crippen LogP contribution < -0.4 is 24.8 Å². The van der Waals surface area contributed by atoms with Crippen molar-refractivity contribution < 1.29 is 53.6 Å². The third kappa shape index (κ3) is 5.79. The molecule has 0 atom stereocenters. The molecule has 0 bridgehead atoms. The van der Waals surface area contributed by atoms with E-state index in [-0.39, 0.29) is 24.8 Å². The number of rotatable bonds is 4. The summed E-state index contributed by atoms with van der Waals surface area (Å²) in [5, 5.41) is 1.57. The van der Waals surface area contributed by atoms with Crippen molar-refractivity contribution in [1.82, 2.24) is 0 Å². The Kier molecular flexibility index (Phi) is 10.4. The number of allylic oxidation sites excluding steroid dienone is 4. The fourth-order valence-electron chi connectivity index (χ4n) is 1.12. The minimum absolute atomic E-state index is 0. The SMILES string of the molecule is CC(C)[Si](C)(C)O[SiH2]C1=[C]([Zr+2])CC=C1.[Cl-].[Cl-]. The first-order valence-electron chi connectivity index (χ1n) is 5.17. The molecule has 6 heteroatoms. The molecule has 0 N–H and O–H groups in total. The molecule has 0 aliphatic heterocycles. The number of hydrogen-bond donors (Lipinski definition) is 0. The molecule has 0 heterocycles. The quantitative estimate of drug-likeness (QED) is 0.464. The average molecular weight is 374 g/mol. The van der Waals surface area contributed by atoms with Gasteiger partial charge >= 0.3 is 106 Å². The van der Waals surface area contributed by atoms with Crippen LogP contribution in [0.2, 0.25) is 18.6 Å². The van der Waals surface area contributed by atoms with Gasteiger partial charge in [0.25, 0.3) is 0 Å². The average Bonchev–Trinajstić information content (AvgIpc) is 2.47. The maximum absolute atomic E-state index is 6.23. The van der Waals surface area contributed by atoms with E-state index >= 15 is 0 Å². The normalized spacial score (nSPS) is 15.9. The van der Waals surface area contributed by atoms with Crippen LogP contribution in [0.5, 0.6) is 0 Å². The summed E-state index contributed by atoms with van der Waals surface area (Å²) in [6.07, 6.45) is 5.76. The van der Waals surface area contributed by atoms with Crippen LogP contribution in [0.25, 0.3) is 0 Å². The van der Waals surface area contributed by atoms with Crippen molar-refractivity contribution in [2.45, 2.75) is 38.9 Å². The van der Waals surface area contributed by atoms with Crippen molar-refractivity contribution in [1.29, 1.82) is 0 Å². The third-order valence-corrected chi connectivity index (χ3v) is 12.5.